The molecule has 0 aromatic carbocycles. The van der Waals surface area contributed by atoms with Crippen molar-refractivity contribution in [1.82, 2.24) is 0 Å². The van der Waals surface area contributed by atoms with Crippen molar-refractivity contribution >= 4 is 5.78 Å². The Balaban J connectivity index is 2.21. The highest BCUT2D eigenvalue weighted by molar-refractivity contribution is 5.87. The Morgan fingerprint density at radius 1 is 1.25 bits per heavy atom. The van der Waals surface area contributed by atoms with Crippen LogP contribution in [0.5, 0.6) is 0 Å². The maximum absolute atomic E-state index is 11.8. The molecule has 0 N–H and O–H groups in total. The molecular formula is C11H18O. The van der Waals surface area contributed by atoms with Gasteiger partial charge in [0.05, 0.1) is 0 Å². The fourth-order valence-electron chi connectivity index (χ4n) is 3.15. The van der Waals surface area contributed by atoms with Crippen molar-refractivity contribution in [1.29, 1.82) is 0 Å². The molecule has 0 saturated heterocycles. The standard InChI is InChI=1S/C11H18O/c1-9-5-2-3-7-11(9)8-4-6-10(11)12/h9H,2-8H2,1H3/t9-,11?/m1/s1. The van der Waals surface area contributed by atoms with Gasteiger partial charge in [-0.15, -0.1) is 0 Å². The van der Waals surface area contributed by atoms with Gasteiger partial charge in [-0.05, 0) is 31.6 Å². The van der Waals surface area contributed by atoms with E-state index in [0.29, 0.717) is 11.7 Å². The molecule has 2 atom stereocenters. The van der Waals surface area contributed by atoms with Gasteiger partial charge in [0, 0.05) is 11.8 Å². The summed E-state index contributed by atoms with van der Waals surface area (Å²) in [6.07, 6.45) is 8.31. The van der Waals surface area contributed by atoms with Crippen LogP contribution in [0, 0.1) is 11.3 Å². The Kier molecular flexibility index (Phi) is 1.97. The first-order valence-corrected chi connectivity index (χ1v) is 5.29. The second-order valence-electron chi connectivity index (χ2n) is 4.58. The highest BCUT2D eigenvalue weighted by atomic mass is 16.1. The average Bonchev–Trinajstić information content (AvgIpc) is 2.41. The molecule has 2 fully saturated rings. The third kappa shape index (κ3) is 1.02. The smallest absolute Gasteiger partial charge is 0.139 e. The summed E-state index contributed by atoms with van der Waals surface area (Å²) in [6.45, 7) is 2.28. The van der Waals surface area contributed by atoms with Crippen molar-refractivity contribution in [3.05, 3.63) is 0 Å². The van der Waals surface area contributed by atoms with Gasteiger partial charge in [-0.1, -0.05) is 19.8 Å². The zero-order valence-corrected chi connectivity index (χ0v) is 7.94. The van der Waals surface area contributed by atoms with E-state index >= 15 is 0 Å². The van der Waals surface area contributed by atoms with Crippen LogP contribution in [0.15, 0.2) is 0 Å². The predicted molar refractivity (Wildman–Crippen MR) is 48.9 cm³/mol. The van der Waals surface area contributed by atoms with E-state index in [0.717, 1.165) is 12.8 Å². The molecule has 2 aliphatic rings. The number of ketones is 1. The summed E-state index contributed by atoms with van der Waals surface area (Å²) in [7, 11) is 0. The van der Waals surface area contributed by atoms with Gasteiger partial charge in [-0.3, -0.25) is 4.79 Å². The van der Waals surface area contributed by atoms with Gasteiger partial charge in [0.25, 0.3) is 0 Å². The molecule has 68 valence electrons. The summed E-state index contributed by atoms with van der Waals surface area (Å²) in [4.78, 5) is 11.8. The second kappa shape index (κ2) is 2.86. The van der Waals surface area contributed by atoms with E-state index in [4.69, 9.17) is 0 Å². The Morgan fingerprint density at radius 2 is 2.00 bits per heavy atom. The maximum atomic E-state index is 11.8. The second-order valence-corrected chi connectivity index (χ2v) is 4.58. The predicted octanol–water partition coefficient (Wildman–Crippen LogP) is 2.94. The van der Waals surface area contributed by atoms with Crippen LogP contribution in [-0.4, -0.2) is 5.78 Å². The van der Waals surface area contributed by atoms with Crippen LogP contribution in [0.25, 0.3) is 0 Å². The molecule has 2 aliphatic carbocycles. The summed E-state index contributed by atoms with van der Waals surface area (Å²) < 4.78 is 0. The molecule has 2 rings (SSSR count). The van der Waals surface area contributed by atoms with Gasteiger partial charge in [0.15, 0.2) is 0 Å². The van der Waals surface area contributed by atoms with E-state index in [9.17, 15) is 4.79 Å². The van der Waals surface area contributed by atoms with Crippen LogP contribution in [0.4, 0.5) is 0 Å². The third-order valence-corrected chi connectivity index (χ3v) is 4.04. The first-order chi connectivity index (χ1) is 5.76. The highest BCUT2D eigenvalue weighted by Crippen LogP contribution is 2.49. The molecule has 12 heavy (non-hydrogen) atoms. The molecule has 0 aliphatic heterocycles. The molecule has 1 unspecified atom stereocenters. The Hall–Kier alpha value is -0.330. The monoisotopic (exact) mass is 166 g/mol. The van der Waals surface area contributed by atoms with Crippen LogP contribution >= 0.6 is 0 Å². The minimum atomic E-state index is 0.151. The zero-order chi connectivity index (χ0) is 8.60. The van der Waals surface area contributed by atoms with Gasteiger partial charge < -0.3 is 0 Å². The maximum Gasteiger partial charge on any atom is 0.139 e. The Labute approximate surface area is 74.5 Å². The van der Waals surface area contributed by atoms with E-state index in [1.807, 2.05) is 0 Å². The van der Waals surface area contributed by atoms with Crippen LogP contribution in [-0.2, 0) is 4.79 Å². The van der Waals surface area contributed by atoms with Crippen LogP contribution < -0.4 is 0 Å². The minimum Gasteiger partial charge on any atom is -0.299 e. The van der Waals surface area contributed by atoms with Gasteiger partial charge in [0.2, 0.25) is 0 Å². The van der Waals surface area contributed by atoms with Crippen molar-refractivity contribution < 1.29 is 4.79 Å². The zero-order valence-electron chi connectivity index (χ0n) is 7.94. The molecule has 0 radical (unpaired) electrons. The first-order valence-electron chi connectivity index (χ1n) is 5.29. The molecule has 0 bridgehead atoms. The van der Waals surface area contributed by atoms with Gasteiger partial charge in [0.1, 0.15) is 5.78 Å². The lowest BCUT2D eigenvalue weighted by atomic mass is 9.65. The lowest BCUT2D eigenvalue weighted by Gasteiger charge is -2.38. The fraction of sp³-hybridized carbons (Fsp3) is 0.909. The van der Waals surface area contributed by atoms with E-state index in [1.165, 1.54) is 32.1 Å². The number of hydrogen-bond acceptors (Lipinski definition) is 1. The van der Waals surface area contributed by atoms with E-state index in [2.05, 4.69) is 6.92 Å². The van der Waals surface area contributed by atoms with Crippen molar-refractivity contribution in [2.75, 3.05) is 0 Å². The molecule has 0 aromatic rings. The molecular weight excluding hydrogens is 148 g/mol. The Bertz CT molecular complexity index is 197. The molecule has 1 nitrogen and oxygen atoms in total. The van der Waals surface area contributed by atoms with Crippen LogP contribution in [0.3, 0.4) is 0 Å². The van der Waals surface area contributed by atoms with Crippen molar-refractivity contribution in [2.24, 2.45) is 11.3 Å². The quantitative estimate of drug-likeness (QED) is 0.540. The third-order valence-electron chi connectivity index (χ3n) is 4.04. The lowest BCUT2D eigenvalue weighted by molar-refractivity contribution is -0.130. The molecule has 2 saturated carbocycles. The summed E-state index contributed by atoms with van der Waals surface area (Å²) in [5, 5.41) is 0. The van der Waals surface area contributed by atoms with Crippen molar-refractivity contribution in [2.45, 2.75) is 51.9 Å². The lowest BCUT2D eigenvalue weighted by Crippen LogP contribution is -2.35. The fourth-order valence-corrected chi connectivity index (χ4v) is 3.15. The van der Waals surface area contributed by atoms with Crippen LogP contribution in [0.1, 0.15) is 51.9 Å². The molecule has 1 spiro atoms. The molecule has 1 heteroatoms. The summed E-state index contributed by atoms with van der Waals surface area (Å²) in [5.74, 6) is 1.25. The number of hydrogen-bond donors (Lipinski definition) is 0. The number of rotatable bonds is 0. The summed E-state index contributed by atoms with van der Waals surface area (Å²) in [5.41, 5.74) is 0.151. The normalized spacial score (nSPS) is 42.4. The van der Waals surface area contributed by atoms with Gasteiger partial charge in [-0.25, -0.2) is 0 Å². The summed E-state index contributed by atoms with van der Waals surface area (Å²) in [6, 6.07) is 0. The first kappa shape index (κ1) is 8.28. The van der Waals surface area contributed by atoms with E-state index in [-0.39, 0.29) is 5.41 Å². The Morgan fingerprint density at radius 3 is 2.58 bits per heavy atom. The van der Waals surface area contributed by atoms with E-state index in [1.54, 1.807) is 0 Å². The average molecular weight is 166 g/mol. The van der Waals surface area contributed by atoms with E-state index < -0.39 is 0 Å². The SMILES string of the molecule is C[C@@H]1CCCCC12CCCC2=O. The number of Topliss-reactive ketones (excluding diaryl/α,β-unsaturated/α-hetero) is 1. The van der Waals surface area contributed by atoms with Crippen molar-refractivity contribution in [3.63, 3.8) is 0 Å². The highest BCUT2D eigenvalue weighted by Gasteiger charge is 2.46. The van der Waals surface area contributed by atoms with Gasteiger partial charge in [-0.2, -0.15) is 0 Å². The number of carbonyl (C=O) groups excluding carboxylic acids is 1. The molecule has 0 amide bonds. The largest absolute Gasteiger partial charge is 0.299 e. The van der Waals surface area contributed by atoms with Gasteiger partial charge >= 0.3 is 0 Å². The van der Waals surface area contributed by atoms with Crippen molar-refractivity contribution in [3.8, 4) is 0 Å². The number of carbonyl (C=O) groups is 1. The minimum absolute atomic E-state index is 0.151. The topological polar surface area (TPSA) is 17.1 Å². The van der Waals surface area contributed by atoms with Crippen LogP contribution in [0.2, 0.25) is 0 Å². The summed E-state index contributed by atoms with van der Waals surface area (Å²) >= 11 is 0. The molecule has 0 heterocycles. The molecule has 0 aromatic heterocycles.